The number of rotatable bonds is 6. The van der Waals surface area contributed by atoms with Gasteiger partial charge in [-0.25, -0.2) is 13.1 Å². The molecule has 7 heteroatoms. The van der Waals surface area contributed by atoms with Crippen LogP contribution in [-0.4, -0.2) is 20.4 Å². The lowest BCUT2D eigenvalue weighted by molar-refractivity contribution is 0.587. The molecule has 0 radical (unpaired) electrons. The number of nitrogens with one attached hydrogen (secondary N) is 2. The number of nitriles is 1. The van der Waals surface area contributed by atoms with E-state index in [1.54, 1.807) is 18.3 Å². The number of hydrogen-bond donors (Lipinski definition) is 2. The Morgan fingerprint density at radius 1 is 1.08 bits per heavy atom. The van der Waals surface area contributed by atoms with Gasteiger partial charge >= 0.3 is 0 Å². The van der Waals surface area contributed by atoms with E-state index in [4.69, 9.17) is 0 Å². The lowest BCUT2D eigenvalue weighted by Gasteiger charge is -2.12. The van der Waals surface area contributed by atoms with Gasteiger partial charge in [0.1, 0.15) is 6.07 Å². The van der Waals surface area contributed by atoms with E-state index in [1.165, 1.54) is 7.05 Å². The molecule has 0 unspecified atom stereocenters. The number of anilines is 1. The second-order valence-electron chi connectivity index (χ2n) is 5.81. The third kappa shape index (κ3) is 3.99. The highest BCUT2D eigenvalue weighted by atomic mass is 32.2. The molecule has 2 aromatic carbocycles. The first-order valence-electron chi connectivity index (χ1n) is 8.03. The first kappa shape index (κ1) is 17.9. The lowest BCUT2D eigenvalue weighted by atomic mass is 10.1. The van der Waals surface area contributed by atoms with Crippen LogP contribution < -0.4 is 10.0 Å². The minimum atomic E-state index is -3.28. The molecule has 3 aromatic rings. The predicted octanol–water partition coefficient (Wildman–Crippen LogP) is 2.77. The van der Waals surface area contributed by atoms with Gasteiger partial charge in [0.05, 0.1) is 22.5 Å². The SMILES string of the molecule is CNS(=O)(=O)Cc1ccc(CNc2c(C#N)cnc3ccccc23)cc1. The first-order chi connectivity index (χ1) is 12.5. The molecule has 1 heterocycles. The van der Waals surface area contributed by atoms with Crippen molar-refractivity contribution in [3.05, 3.63) is 71.4 Å². The van der Waals surface area contributed by atoms with Crippen molar-refractivity contribution < 1.29 is 8.42 Å². The van der Waals surface area contributed by atoms with Crippen molar-refractivity contribution in [1.82, 2.24) is 9.71 Å². The summed E-state index contributed by atoms with van der Waals surface area (Å²) < 4.78 is 25.5. The van der Waals surface area contributed by atoms with E-state index in [1.807, 2.05) is 36.4 Å². The zero-order valence-corrected chi connectivity index (χ0v) is 15.0. The molecule has 3 rings (SSSR count). The highest BCUT2D eigenvalue weighted by Gasteiger charge is 2.10. The van der Waals surface area contributed by atoms with Crippen molar-refractivity contribution in [2.45, 2.75) is 12.3 Å². The predicted molar refractivity (Wildman–Crippen MR) is 102 cm³/mol. The maximum absolute atomic E-state index is 11.6. The average Bonchev–Trinajstić information content (AvgIpc) is 2.67. The Labute approximate surface area is 152 Å². The zero-order valence-electron chi connectivity index (χ0n) is 14.2. The van der Waals surface area contributed by atoms with Crippen molar-refractivity contribution >= 4 is 26.6 Å². The molecule has 0 amide bonds. The third-order valence-corrected chi connectivity index (χ3v) is 5.39. The average molecular weight is 366 g/mol. The Morgan fingerprint density at radius 2 is 1.77 bits per heavy atom. The van der Waals surface area contributed by atoms with Gasteiger partial charge in [-0.15, -0.1) is 0 Å². The van der Waals surface area contributed by atoms with Crippen LogP contribution in [-0.2, 0) is 22.3 Å². The Hall–Kier alpha value is -2.95. The number of benzene rings is 2. The minimum Gasteiger partial charge on any atom is -0.379 e. The van der Waals surface area contributed by atoms with Gasteiger partial charge in [-0.1, -0.05) is 42.5 Å². The van der Waals surface area contributed by atoms with E-state index in [9.17, 15) is 13.7 Å². The number of nitrogens with zero attached hydrogens (tertiary/aromatic N) is 2. The van der Waals surface area contributed by atoms with Crippen LogP contribution in [0.3, 0.4) is 0 Å². The van der Waals surface area contributed by atoms with Crippen LogP contribution in [0, 0.1) is 11.3 Å². The van der Waals surface area contributed by atoms with Gasteiger partial charge in [-0.3, -0.25) is 4.98 Å². The highest BCUT2D eigenvalue weighted by molar-refractivity contribution is 7.88. The van der Waals surface area contributed by atoms with Crippen LogP contribution in [0.4, 0.5) is 5.69 Å². The summed E-state index contributed by atoms with van der Waals surface area (Å²) in [6.07, 6.45) is 1.57. The smallest absolute Gasteiger partial charge is 0.215 e. The van der Waals surface area contributed by atoms with Crippen LogP contribution >= 0.6 is 0 Å². The molecule has 0 spiro atoms. The fraction of sp³-hybridized carbons (Fsp3) is 0.158. The van der Waals surface area contributed by atoms with Crippen molar-refractivity contribution in [2.75, 3.05) is 12.4 Å². The summed E-state index contributed by atoms with van der Waals surface area (Å²) in [6.45, 7) is 0.516. The van der Waals surface area contributed by atoms with Gasteiger partial charge in [-0.05, 0) is 24.2 Å². The molecule has 0 saturated carbocycles. The molecule has 0 saturated heterocycles. The largest absolute Gasteiger partial charge is 0.379 e. The van der Waals surface area contributed by atoms with E-state index in [2.05, 4.69) is 21.1 Å². The fourth-order valence-electron chi connectivity index (χ4n) is 2.65. The Morgan fingerprint density at radius 3 is 2.46 bits per heavy atom. The molecule has 0 fully saturated rings. The number of para-hydroxylation sites is 1. The molecular formula is C19H18N4O2S. The summed E-state index contributed by atoms with van der Waals surface area (Å²) in [5, 5.41) is 13.6. The third-order valence-electron chi connectivity index (χ3n) is 4.06. The van der Waals surface area contributed by atoms with Crippen LogP contribution in [0.2, 0.25) is 0 Å². The summed E-state index contributed by atoms with van der Waals surface area (Å²) >= 11 is 0. The second kappa shape index (κ2) is 7.52. The summed E-state index contributed by atoms with van der Waals surface area (Å²) in [4.78, 5) is 4.30. The lowest BCUT2D eigenvalue weighted by Crippen LogP contribution is -2.20. The molecule has 2 N–H and O–H groups in total. The first-order valence-corrected chi connectivity index (χ1v) is 9.68. The van der Waals surface area contributed by atoms with Gasteiger partial charge in [0, 0.05) is 18.1 Å². The van der Waals surface area contributed by atoms with Crippen molar-refractivity contribution in [1.29, 1.82) is 5.26 Å². The maximum atomic E-state index is 11.6. The normalized spacial score (nSPS) is 11.2. The molecule has 6 nitrogen and oxygen atoms in total. The molecule has 0 aliphatic heterocycles. The van der Waals surface area contributed by atoms with Gasteiger partial charge in [-0.2, -0.15) is 5.26 Å². The van der Waals surface area contributed by atoms with Crippen molar-refractivity contribution in [2.24, 2.45) is 0 Å². The number of aromatic nitrogens is 1. The minimum absolute atomic E-state index is 0.0508. The molecule has 0 aliphatic rings. The fourth-order valence-corrected chi connectivity index (χ4v) is 3.43. The monoisotopic (exact) mass is 366 g/mol. The van der Waals surface area contributed by atoms with E-state index in [0.29, 0.717) is 12.1 Å². The van der Waals surface area contributed by atoms with Gasteiger partial charge in [0.25, 0.3) is 0 Å². The summed E-state index contributed by atoms with van der Waals surface area (Å²) in [5.41, 5.74) is 3.76. The summed E-state index contributed by atoms with van der Waals surface area (Å²) in [7, 11) is -1.88. The van der Waals surface area contributed by atoms with Crippen LogP contribution in [0.1, 0.15) is 16.7 Å². The van der Waals surface area contributed by atoms with Gasteiger partial charge in [0.15, 0.2) is 0 Å². The van der Waals surface area contributed by atoms with Crippen LogP contribution in [0.25, 0.3) is 10.9 Å². The number of pyridine rings is 1. The summed E-state index contributed by atoms with van der Waals surface area (Å²) in [6, 6.07) is 17.2. The standard InChI is InChI=1S/C19H18N4O2S/c1-21-26(24,25)13-15-8-6-14(7-9-15)11-23-19-16(10-20)12-22-18-5-3-2-4-17(18)19/h2-9,12,21H,11,13H2,1H3,(H,22,23). The molecule has 132 valence electrons. The molecule has 0 aliphatic carbocycles. The Kier molecular flexibility index (Phi) is 5.16. The van der Waals surface area contributed by atoms with Crippen molar-refractivity contribution in [3.8, 4) is 6.07 Å². The van der Waals surface area contributed by atoms with Crippen molar-refractivity contribution in [3.63, 3.8) is 0 Å². The number of fused-ring (bicyclic) bond motifs is 1. The molecule has 1 aromatic heterocycles. The number of sulfonamides is 1. The van der Waals surface area contributed by atoms with E-state index >= 15 is 0 Å². The van der Waals surface area contributed by atoms with Crippen LogP contribution in [0.15, 0.2) is 54.7 Å². The topological polar surface area (TPSA) is 94.9 Å². The molecule has 26 heavy (non-hydrogen) atoms. The Balaban J connectivity index is 1.79. The zero-order chi connectivity index (χ0) is 18.6. The van der Waals surface area contributed by atoms with Crippen LogP contribution in [0.5, 0.6) is 0 Å². The molecule has 0 bridgehead atoms. The van der Waals surface area contributed by atoms with E-state index < -0.39 is 10.0 Å². The maximum Gasteiger partial charge on any atom is 0.215 e. The summed E-state index contributed by atoms with van der Waals surface area (Å²) in [5.74, 6) is -0.0508. The second-order valence-corrected chi connectivity index (χ2v) is 7.74. The van der Waals surface area contributed by atoms with Gasteiger partial charge in [0.2, 0.25) is 10.0 Å². The van der Waals surface area contributed by atoms with Gasteiger partial charge < -0.3 is 5.32 Å². The highest BCUT2D eigenvalue weighted by Crippen LogP contribution is 2.25. The quantitative estimate of drug-likeness (QED) is 0.699. The van der Waals surface area contributed by atoms with E-state index in [0.717, 1.165) is 27.7 Å². The number of hydrogen-bond acceptors (Lipinski definition) is 5. The molecule has 0 atom stereocenters. The van der Waals surface area contributed by atoms with E-state index in [-0.39, 0.29) is 5.75 Å². The molecular weight excluding hydrogens is 348 g/mol. The Bertz CT molecular complexity index is 1070.